The number of nitrogens with two attached hydrogens (primary N) is 1. The van der Waals surface area contributed by atoms with E-state index in [1.807, 2.05) is 0 Å². The molecule has 4 nitrogen and oxygen atoms in total. The summed E-state index contributed by atoms with van der Waals surface area (Å²) in [5, 5.41) is 8.61. The van der Waals surface area contributed by atoms with Crippen LogP contribution in [0.15, 0.2) is 24.3 Å². The zero-order valence-electron chi connectivity index (χ0n) is 6.56. The van der Waals surface area contributed by atoms with Gasteiger partial charge in [-0.3, -0.25) is 4.79 Å². The summed E-state index contributed by atoms with van der Waals surface area (Å²) in [5.74, 6) is -1.88. The second kappa shape index (κ2) is 4.47. The van der Waals surface area contributed by atoms with Crippen LogP contribution in [0.1, 0.15) is 20.7 Å². The summed E-state index contributed by atoms with van der Waals surface area (Å²) < 4.78 is 0. The second-order valence-corrected chi connectivity index (χ2v) is 2.21. The zero-order valence-corrected chi connectivity index (χ0v) is 7.38. The molecule has 0 aromatic heterocycles. The molecule has 0 aliphatic carbocycles. The fraction of sp³-hybridized carbons (Fsp3) is 0. The van der Waals surface area contributed by atoms with Gasteiger partial charge >= 0.3 is 5.97 Å². The third-order valence-electron chi connectivity index (χ3n) is 1.42. The van der Waals surface area contributed by atoms with Crippen molar-refractivity contribution >= 4 is 24.3 Å². The Hall–Kier alpha value is -1.55. The molecule has 0 heterocycles. The fourth-order valence-corrected chi connectivity index (χ4v) is 0.884. The Morgan fingerprint density at radius 1 is 1.15 bits per heavy atom. The van der Waals surface area contributed by atoms with E-state index in [1.165, 1.54) is 18.2 Å². The molecule has 0 aliphatic rings. The Bertz CT molecular complexity index is 305. The number of amides is 1. The highest BCUT2D eigenvalue weighted by atomic mass is 35.5. The lowest BCUT2D eigenvalue weighted by Gasteiger charge is -1.99. The van der Waals surface area contributed by atoms with Crippen molar-refractivity contribution in [2.75, 3.05) is 0 Å². The molecule has 5 heteroatoms. The quantitative estimate of drug-likeness (QED) is 0.746. The topological polar surface area (TPSA) is 80.4 Å². The molecule has 13 heavy (non-hydrogen) atoms. The molecular formula is C8H8ClNO3. The van der Waals surface area contributed by atoms with E-state index in [0.29, 0.717) is 0 Å². The number of primary amides is 1. The summed E-state index contributed by atoms with van der Waals surface area (Å²) in [6.45, 7) is 0. The van der Waals surface area contributed by atoms with Crippen LogP contribution in [0.25, 0.3) is 0 Å². The van der Waals surface area contributed by atoms with E-state index >= 15 is 0 Å². The number of carbonyl (C=O) groups is 2. The largest absolute Gasteiger partial charge is 0.478 e. The number of benzene rings is 1. The van der Waals surface area contributed by atoms with E-state index in [-0.39, 0.29) is 23.5 Å². The van der Waals surface area contributed by atoms with Gasteiger partial charge in [0.15, 0.2) is 0 Å². The van der Waals surface area contributed by atoms with Crippen molar-refractivity contribution in [1.82, 2.24) is 0 Å². The highest BCUT2D eigenvalue weighted by Gasteiger charge is 2.11. The summed E-state index contributed by atoms with van der Waals surface area (Å²) in [6, 6.07) is 5.82. The first kappa shape index (κ1) is 11.4. The van der Waals surface area contributed by atoms with Crippen LogP contribution in [0, 0.1) is 0 Å². The molecule has 0 spiro atoms. The Morgan fingerprint density at radius 3 is 1.92 bits per heavy atom. The van der Waals surface area contributed by atoms with E-state index in [2.05, 4.69) is 0 Å². The van der Waals surface area contributed by atoms with Crippen molar-refractivity contribution in [3.8, 4) is 0 Å². The zero-order chi connectivity index (χ0) is 9.14. The number of aromatic carboxylic acids is 1. The van der Waals surface area contributed by atoms with Gasteiger partial charge in [-0.15, -0.1) is 12.4 Å². The maximum atomic E-state index is 10.7. The Kier molecular flexibility index (Phi) is 3.94. The first-order chi connectivity index (χ1) is 5.63. The van der Waals surface area contributed by atoms with Gasteiger partial charge in [0.1, 0.15) is 0 Å². The molecule has 3 N–H and O–H groups in total. The van der Waals surface area contributed by atoms with Gasteiger partial charge in [0.05, 0.1) is 11.1 Å². The van der Waals surface area contributed by atoms with Crippen molar-refractivity contribution in [1.29, 1.82) is 0 Å². The molecular weight excluding hydrogens is 194 g/mol. The molecule has 0 saturated heterocycles. The van der Waals surface area contributed by atoms with Crippen LogP contribution in [0.2, 0.25) is 0 Å². The molecule has 0 saturated carbocycles. The lowest BCUT2D eigenvalue weighted by Crippen LogP contribution is -2.15. The van der Waals surface area contributed by atoms with Gasteiger partial charge in [-0.05, 0) is 12.1 Å². The second-order valence-electron chi connectivity index (χ2n) is 2.21. The number of rotatable bonds is 2. The predicted octanol–water partition coefficient (Wildman–Crippen LogP) is 0.906. The van der Waals surface area contributed by atoms with Crippen LogP contribution < -0.4 is 5.73 Å². The average Bonchev–Trinajstić information content (AvgIpc) is 2.04. The summed E-state index contributed by atoms with van der Waals surface area (Å²) in [6.07, 6.45) is 0. The number of carboxylic acids is 1. The molecule has 0 unspecified atom stereocenters. The van der Waals surface area contributed by atoms with Crippen LogP contribution >= 0.6 is 12.4 Å². The number of hydrogen-bond acceptors (Lipinski definition) is 2. The maximum absolute atomic E-state index is 10.7. The van der Waals surface area contributed by atoms with E-state index in [1.54, 1.807) is 6.07 Å². The summed E-state index contributed by atoms with van der Waals surface area (Å²) in [5.41, 5.74) is 4.92. The molecule has 0 atom stereocenters. The molecule has 70 valence electrons. The molecule has 1 rings (SSSR count). The molecule has 0 bridgehead atoms. The van der Waals surface area contributed by atoms with Crippen LogP contribution in [0.3, 0.4) is 0 Å². The molecule has 1 aromatic carbocycles. The highest BCUT2D eigenvalue weighted by Crippen LogP contribution is 2.06. The summed E-state index contributed by atoms with van der Waals surface area (Å²) >= 11 is 0. The fourth-order valence-electron chi connectivity index (χ4n) is 0.884. The lowest BCUT2D eigenvalue weighted by atomic mass is 10.1. The standard InChI is InChI=1S/C8H7NO3.ClH/c9-7(10)5-3-1-2-4-6(5)8(11)12;/h1-4H,(H2,9,10)(H,11,12);1H. The van der Waals surface area contributed by atoms with Gasteiger partial charge in [-0.25, -0.2) is 4.79 Å². The van der Waals surface area contributed by atoms with Crippen molar-refractivity contribution in [3.05, 3.63) is 35.4 Å². The SMILES string of the molecule is Cl.NC(=O)c1ccccc1C(=O)O. The highest BCUT2D eigenvalue weighted by molar-refractivity contribution is 6.03. The van der Waals surface area contributed by atoms with Gasteiger partial charge in [0, 0.05) is 0 Å². The average molecular weight is 202 g/mol. The molecule has 0 aliphatic heterocycles. The number of halogens is 1. The smallest absolute Gasteiger partial charge is 0.336 e. The van der Waals surface area contributed by atoms with E-state index in [4.69, 9.17) is 10.8 Å². The van der Waals surface area contributed by atoms with Gasteiger partial charge in [0.25, 0.3) is 0 Å². The predicted molar refractivity (Wildman–Crippen MR) is 49.2 cm³/mol. The number of hydrogen-bond donors (Lipinski definition) is 2. The van der Waals surface area contributed by atoms with Crippen molar-refractivity contribution in [2.45, 2.75) is 0 Å². The normalized spacial score (nSPS) is 8.62. The minimum atomic E-state index is -1.15. The molecule has 0 radical (unpaired) electrons. The van der Waals surface area contributed by atoms with Crippen LogP contribution in [0.4, 0.5) is 0 Å². The van der Waals surface area contributed by atoms with Crippen LogP contribution in [-0.2, 0) is 0 Å². The molecule has 0 fully saturated rings. The summed E-state index contributed by atoms with van der Waals surface area (Å²) in [4.78, 5) is 21.2. The minimum Gasteiger partial charge on any atom is -0.478 e. The van der Waals surface area contributed by atoms with Crippen molar-refractivity contribution in [2.24, 2.45) is 5.73 Å². The van der Waals surface area contributed by atoms with Gasteiger partial charge in [-0.2, -0.15) is 0 Å². The van der Waals surface area contributed by atoms with E-state index in [0.717, 1.165) is 0 Å². The molecule has 1 aromatic rings. The Morgan fingerprint density at radius 2 is 1.62 bits per heavy atom. The van der Waals surface area contributed by atoms with E-state index < -0.39 is 11.9 Å². The van der Waals surface area contributed by atoms with Crippen LogP contribution in [-0.4, -0.2) is 17.0 Å². The van der Waals surface area contributed by atoms with Gasteiger partial charge < -0.3 is 10.8 Å². The minimum absolute atomic E-state index is 0. The summed E-state index contributed by atoms with van der Waals surface area (Å²) in [7, 11) is 0. The Balaban J connectivity index is 0.00000144. The van der Waals surface area contributed by atoms with Crippen molar-refractivity contribution < 1.29 is 14.7 Å². The van der Waals surface area contributed by atoms with Crippen molar-refractivity contribution in [3.63, 3.8) is 0 Å². The number of carboxylic acid groups (broad SMARTS) is 1. The Labute approximate surface area is 80.8 Å². The van der Waals surface area contributed by atoms with Gasteiger partial charge in [-0.1, -0.05) is 12.1 Å². The van der Waals surface area contributed by atoms with Gasteiger partial charge in [0.2, 0.25) is 5.91 Å². The first-order valence-corrected chi connectivity index (χ1v) is 3.25. The first-order valence-electron chi connectivity index (χ1n) is 3.25. The monoisotopic (exact) mass is 201 g/mol. The third-order valence-corrected chi connectivity index (χ3v) is 1.42. The lowest BCUT2D eigenvalue weighted by molar-refractivity contribution is 0.0692. The maximum Gasteiger partial charge on any atom is 0.336 e. The van der Waals surface area contributed by atoms with Crippen LogP contribution in [0.5, 0.6) is 0 Å². The van der Waals surface area contributed by atoms with E-state index in [9.17, 15) is 9.59 Å². The third kappa shape index (κ3) is 2.45. The molecule has 1 amide bonds. The number of carbonyl (C=O) groups excluding carboxylic acids is 1.